The molecule has 0 radical (unpaired) electrons. The van der Waals surface area contributed by atoms with Gasteiger partial charge in [0.05, 0.1) is 32.5 Å². The third-order valence-electron chi connectivity index (χ3n) is 4.76. The number of nitrogens with zero attached hydrogens (tertiary/aromatic N) is 1. The average molecular weight is 372 g/mol. The molecule has 1 aliphatic rings. The summed E-state index contributed by atoms with van der Waals surface area (Å²) in [7, 11) is 3.16. The fraction of sp³-hybridized carbons (Fsp3) is 0.400. The number of ether oxygens (including phenoxy) is 2. The molecule has 0 atom stereocenters. The Morgan fingerprint density at radius 1 is 1.19 bits per heavy atom. The van der Waals surface area contributed by atoms with E-state index in [1.165, 1.54) is 12.5 Å². The topological polar surface area (TPSA) is 81.0 Å². The molecule has 2 aromatic rings. The number of amides is 2. The fourth-order valence-electron chi connectivity index (χ4n) is 3.25. The van der Waals surface area contributed by atoms with E-state index in [-0.39, 0.29) is 24.3 Å². The smallest absolute Gasteiger partial charge is 0.257 e. The molecule has 144 valence electrons. The molecule has 1 aliphatic heterocycles. The number of carbonyl (C=O) groups is 2. The van der Waals surface area contributed by atoms with Crippen molar-refractivity contribution in [3.05, 3.63) is 47.9 Å². The maximum absolute atomic E-state index is 12.4. The van der Waals surface area contributed by atoms with Crippen LogP contribution in [0.15, 0.2) is 41.2 Å². The molecule has 1 saturated heterocycles. The molecule has 0 aliphatic carbocycles. The van der Waals surface area contributed by atoms with Crippen molar-refractivity contribution in [2.75, 3.05) is 27.3 Å². The maximum Gasteiger partial charge on any atom is 0.257 e. The second-order valence-corrected chi connectivity index (χ2v) is 6.50. The number of hydrogen-bond acceptors (Lipinski definition) is 5. The fourth-order valence-corrected chi connectivity index (χ4v) is 3.25. The van der Waals surface area contributed by atoms with E-state index >= 15 is 0 Å². The number of carbonyl (C=O) groups excluding carboxylic acids is 2. The van der Waals surface area contributed by atoms with Crippen LogP contribution in [0.3, 0.4) is 0 Å². The zero-order chi connectivity index (χ0) is 19.2. The van der Waals surface area contributed by atoms with Crippen LogP contribution < -0.4 is 14.8 Å². The van der Waals surface area contributed by atoms with E-state index in [0.717, 1.165) is 18.4 Å². The number of piperidine rings is 1. The van der Waals surface area contributed by atoms with E-state index in [1.54, 1.807) is 31.3 Å². The lowest BCUT2D eigenvalue weighted by Crippen LogP contribution is -2.46. The predicted octanol–water partition coefficient (Wildman–Crippen LogP) is 2.26. The van der Waals surface area contributed by atoms with Crippen LogP contribution in [-0.4, -0.2) is 50.1 Å². The summed E-state index contributed by atoms with van der Waals surface area (Å²) in [4.78, 5) is 26.5. The molecule has 3 rings (SSSR count). The number of nitrogens with one attached hydrogen (secondary N) is 1. The first-order valence-corrected chi connectivity index (χ1v) is 8.92. The number of rotatable bonds is 6. The molecule has 0 spiro atoms. The third kappa shape index (κ3) is 4.61. The van der Waals surface area contributed by atoms with E-state index in [0.29, 0.717) is 30.2 Å². The Morgan fingerprint density at radius 3 is 2.59 bits per heavy atom. The Morgan fingerprint density at radius 2 is 1.96 bits per heavy atom. The van der Waals surface area contributed by atoms with Gasteiger partial charge in [-0.3, -0.25) is 9.59 Å². The monoisotopic (exact) mass is 372 g/mol. The van der Waals surface area contributed by atoms with Gasteiger partial charge in [0, 0.05) is 30.8 Å². The number of furan rings is 1. The molecular formula is C20H24N2O5. The van der Waals surface area contributed by atoms with Gasteiger partial charge in [0.15, 0.2) is 0 Å². The van der Waals surface area contributed by atoms with Crippen molar-refractivity contribution >= 4 is 11.8 Å². The van der Waals surface area contributed by atoms with Gasteiger partial charge in [0.1, 0.15) is 17.8 Å². The molecule has 7 heteroatoms. The van der Waals surface area contributed by atoms with Gasteiger partial charge in [-0.1, -0.05) is 6.07 Å². The minimum Gasteiger partial charge on any atom is -0.497 e. The second kappa shape index (κ2) is 8.62. The number of hydrogen-bond donors (Lipinski definition) is 1. The zero-order valence-electron chi connectivity index (χ0n) is 15.6. The molecule has 1 aromatic carbocycles. The average Bonchev–Trinajstić information content (AvgIpc) is 3.23. The van der Waals surface area contributed by atoms with Crippen molar-refractivity contribution in [3.8, 4) is 11.5 Å². The molecule has 1 aromatic heterocycles. The van der Waals surface area contributed by atoms with Crippen LogP contribution in [0.4, 0.5) is 0 Å². The highest BCUT2D eigenvalue weighted by molar-refractivity contribution is 5.93. The summed E-state index contributed by atoms with van der Waals surface area (Å²) in [6, 6.07) is 7.14. The number of methoxy groups -OCH3 is 2. The Hall–Kier alpha value is -2.96. The predicted molar refractivity (Wildman–Crippen MR) is 99.0 cm³/mol. The third-order valence-corrected chi connectivity index (χ3v) is 4.76. The van der Waals surface area contributed by atoms with Gasteiger partial charge < -0.3 is 24.1 Å². The van der Waals surface area contributed by atoms with Crippen LogP contribution in [-0.2, 0) is 11.2 Å². The lowest BCUT2D eigenvalue weighted by molar-refractivity contribution is -0.121. The van der Waals surface area contributed by atoms with E-state index < -0.39 is 0 Å². The molecule has 2 amide bonds. The SMILES string of the molecule is COc1ccc(CC(=O)NC2CCN(C(=O)c3ccoc3)CC2)c(OC)c1. The van der Waals surface area contributed by atoms with E-state index in [2.05, 4.69) is 5.32 Å². The number of likely N-dealkylation sites (tertiary alicyclic amines) is 1. The van der Waals surface area contributed by atoms with Gasteiger partial charge >= 0.3 is 0 Å². The Labute approximate surface area is 158 Å². The maximum atomic E-state index is 12.4. The second-order valence-electron chi connectivity index (χ2n) is 6.50. The summed E-state index contributed by atoms with van der Waals surface area (Å²) < 4.78 is 15.5. The van der Waals surface area contributed by atoms with E-state index in [9.17, 15) is 9.59 Å². The van der Waals surface area contributed by atoms with Crippen molar-refractivity contribution in [2.24, 2.45) is 0 Å². The van der Waals surface area contributed by atoms with Crippen LogP contribution in [0.25, 0.3) is 0 Å². The summed E-state index contributed by atoms with van der Waals surface area (Å²) in [6.07, 6.45) is 4.65. The summed E-state index contributed by atoms with van der Waals surface area (Å²) in [5.74, 6) is 1.23. The van der Waals surface area contributed by atoms with Crippen LogP contribution in [0.2, 0.25) is 0 Å². The van der Waals surface area contributed by atoms with Crippen molar-refractivity contribution in [1.82, 2.24) is 10.2 Å². The standard InChI is InChI=1S/C20H24N2O5/c1-25-17-4-3-14(18(12-17)26-2)11-19(23)21-16-5-8-22(9-6-16)20(24)15-7-10-27-13-15/h3-4,7,10,12-13,16H,5-6,8-9,11H2,1-2H3,(H,21,23). The molecule has 0 unspecified atom stereocenters. The highest BCUT2D eigenvalue weighted by atomic mass is 16.5. The van der Waals surface area contributed by atoms with Crippen LogP contribution >= 0.6 is 0 Å². The minimum absolute atomic E-state index is 0.0310. The first kappa shape index (κ1) is 18.8. The normalized spacial score (nSPS) is 14.7. The van der Waals surface area contributed by atoms with Crippen LogP contribution in [0.5, 0.6) is 11.5 Å². The largest absolute Gasteiger partial charge is 0.497 e. The molecule has 1 fully saturated rings. The van der Waals surface area contributed by atoms with Gasteiger partial charge in [0.2, 0.25) is 5.91 Å². The molecular weight excluding hydrogens is 348 g/mol. The summed E-state index contributed by atoms with van der Waals surface area (Å²) >= 11 is 0. The first-order chi connectivity index (χ1) is 13.1. The molecule has 27 heavy (non-hydrogen) atoms. The van der Waals surface area contributed by atoms with Gasteiger partial charge in [-0.2, -0.15) is 0 Å². The van der Waals surface area contributed by atoms with Crippen molar-refractivity contribution in [3.63, 3.8) is 0 Å². The molecule has 0 bridgehead atoms. The van der Waals surface area contributed by atoms with Crippen LogP contribution in [0.1, 0.15) is 28.8 Å². The quantitative estimate of drug-likeness (QED) is 0.841. The first-order valence-electron chi connectivity index (χ1n) is 8.92. The molecule has 1 N–H and O–H groups in total. The van der Waals surface area contributed by atoms with Crippen LogP contribution in [0, 0.1) is 0 Å². The summed E-state index contributed by atoms with van der Waals surface area (Å²) in [5, 5.41) is 3.06. The van der Waals surface area contributed by atoms with E-state index in [1.807, 2.05) is 12.1 Å². The Balaban J connectivity index is 1.50. The number of benzene rings is 1. The Kier molecular flexibility index (Phi) is 6.01. The lowest BCUT2D eigenvalue weighted by atomic mass is 10.0. The van der Waals surface area contributed by atoms with Crippen molar-refractivity contribution < 1.29 is 23.5 Å². The summed E-state index contributed by atoms with van der Waals surface area (Å²) in [6.45, 7) is 1.22. The molecule has 2 heterocycles. The van der Waals surface area contributed by atoms with E-state index in [4.69, 9.17) is 13.9 Å². The minimum atomic E-state index is -0.0573. The zero-order valence-corrected chi connectivity index (χ0v) is 15.6. The molecule has 7 nitrogen and oxygen atoms in total. The van der Waals surface area contributed by atoms with Gasteiger partial charge in [0.25, 0.3) is 5.91 Å². The summed E-state index contributed by atoms with van der Waals surface area (Å²) in [5.41, 5.74) is 1.37. The Bertz CT molecular complexity index is 780. The highest BCUT2D eigenvalue weighted by Crippen LogP contribution is 2.25. The molecule has 0 saturated carbocycles. The lowest BCUT2D eigenvalue weighted by Gasteiger charge is -2.32. The van der Waals surface area contributed by atoms with Gasteiger partial charge in [-0.05, 0) is 25.0 Å². The van der Waals surface area contributed by atoms with Gasteiger partial charge in [-0.15, -0.1) is 0 Å². The highest BCUT2D eigenvalue weighted by Gasteiger charge is 2.25. The van der Waals surface area contributed by atoms with Crippen molar-refractivity contribution in [2.45, 2.75) is 25.3 Å². The van der Waals surface area contributed by atoms with Crippen molar-refractivity contribution in [1.29, 1.82) is 0 Å². The van der Waals surface area contributed by atoms with Gasteiger partial charge in [-0.25, -0.2) is 0 Å².